The van der Waals surface area contributed by atoms with Crippen LogP contribution in [0.25, 0.3) is 0 Å². The Morgan fingerprint density at radius 3 is 2.43 bits per heavy atom. The minimum atomic E-state index is -3.55. The van der Waals surface area contributed by atoms with Crippen molar-refractivity contribution in [3.8, 4) is 0 Å². The molecule has 0 spiro atoms. The van der Waals surface area contributed by atoms with Gasteiger partial charge in [0.1, 0.15) is 5.82 Å². The van der Waals surface area contributed by atoms with Gasteiger partial charge in [0.15, 0.2) is 0 Å². The molecule has 1 aliphatic heterocycles. The van der Waals surface area contributed by atoms with E-state index in [1.54, 1.807) is 22.5 Å². The van der Waals surface area contributed by atoms with Gasteiger partial charge in [-0.25, -0.2) is 12.8 Å². The van der Waals surface area contributed by atoms with E-state index in [4.69, 9.17) is 0 Å². The number of hydrogen-bond acceptors (Lipinski definition) is 2. The molecular formula is C18H20FNO2S. The van der Waals surface area contributed by atoms with Crippen LogP contribution in [0.5, 0.6) is 0 Å². The summed E-state index contributed by atoms with van der Waals surface area (Å²) in [5.74, 6) is -0.310. The van der Waals surface area contributed by atoms with Crippen molar-refractivity contribution < 1.29 is 12.8 Å². The second-order valence-electron chi connectivity index (χ2n) is 6.09. The molecule has 3 rings (SSSR count). The van der Waals surface area contributed by atoms with E-state index in [1.807, 2.05) is 26.0 Å². The fraction of sp³-hybridized carbons (Fsp3) is 0.333. The lowest BCUT2D eigenvalue weighted by Crippen LogP contribution is -2.31. The van der Waals surface area contributed by atoms with Crippen LogP contribution in [0.15, 0.2) is 47.4 Å². The summed E-state index contributed by atoms with van der Waals surface area (Å²) >= 11 is 0. The third-order valence-electron chi connectivity index (χ3n) is 4.38. The average Bonchev–Trinajstić information content (AvgIpc) is 2.98. The molecule has 0 amide bonds. The molecule has 1 fully saturated rings. The molecule has 0 radical (unpaired) electrons. The van der Waals surface area contributed by atoms with Crippen LogP contribution < -0.4 is 0 Å². The Morgan fingerprint density at radius 2 is 1.78 bits per heavy atom. The maximum Gasteiger partial charge on any atom is 0.243 e. The summed E-state index contributed by atoms with van der Waals surface area (Å²) < 4.78 is 40.8. The predicted octanol–water partition coefficient (Wildman–Crippen LogP) is 3.97. The number of nitrogens with zero attached hydrogens (tertiary/aromatic N) is 1. The highest BCUT2D eigenvalue weighted by molar-refractivity contribution is 7.89. The van der Waals surface area contributed by atoms with Crippen molar-refractivity contribution in [3.05, 3.63) is 65.0 Å². The monoisotopic (exact) mass is 333 g/mol. The fourth-order valence-corrected chi connectivity index (χ4v) is 5.15. The van der Waals surface area contributed by atoms with E-state index in [-0.39, 0.29) is 11.9 Å². The standard InChI is InChI=1S/C18H20FNO2S/c1-13-5-10-18(14(2)12-13)23(21,22)20-11-3-4-17(20)15-6-8-16(19)9-7-15/h5-10,12,17H,3-4,11H2,1-2H3. The molecule has 0 aromatic heterocycles. The van der Waals surface area contributed by atoms with Crippen molar-refractivity contribution in [2.75, 3.05) is 6.54 Å². The second-order valence-corrected chi connectivity index (χ2v) is 7.95. The molecule has 0 N–H and O–H groups in total. The van der Waals surface area contributed by atoms with Crippen LogP contribution in [0.4, 0.5) is 4.39 Å². The summed E-state index contributed by atoms with van der Waals surface area (Å²) in [5.41, 5.74) is 2.64. The molecule has 23 heavy (non-hydrogen) atoms. The van der Waals surface area contributed by atoms with E-state index in [2.05, 4.69) is 0 Å². The maximum absolute atomic E-state index is 13.1. The summed E-state index contributed by atoms with van der Waals surface area (Å²) in [6, 6.07) is 11.3. The number of hydrogen-bond donors (Lipinski definition) is 0. The van der Waals surface area contributed by atoms with Crippen LogP contribution in [-0.2, 0) is 10.0 Å². The van der Waals surface area contributed by atoms with Gasteiger partial charge in [0, 0.05) is 6.54 Å². The van der Waals surface area contributed by atoms with E-state index in [0.29, 0.717) is 11.4 Å². The topological polar surface area (TPSA) is 37.4 Å². The largest absolute Gasteiger partial charge is 0.243 e. The van der Waals surface area contributed by atoms with Crippen LogP contribution in [-0.4, -0.2) is 19.3 Å². The number of halogens is 1. The smallest absolute Gasteiger partial charge is 0.207 e. The lowest BCUT2D eigenvalue weighted by molar-refractivity contribution is 0.396. The first-order valence-corrected chi connectivity index (χ1v) is 9.18. The zero-order chi connectivity index (χ0) is 16.6. The van der Waals surface area contributed by atoms with Gasteiger partial charge >= 0.3 is 0 Å². The van der Waals surface area contributed by atoms with E-state index in [1.165, 1.54) is 12.1 Å². The highest BCUT2D eigenvalue weighted by atomic mass is 32.2. The Balaban J connectivity index is 1.99. The molecule has 2 aromatic carbocycles. The molecular weight excluding hydrogens is 313 g/mol. The summed E-state index contributed by atoms with van der Waals surface area (Å²) in [6.45, 7) is 4.27. The third-order valence-corrected chi connectivity index (χ3v) is 6.44. The Morgan fingerprint density at radius 1 is 1.09 bits per heavy atom. The van der Waals surface area contributed by atoms with Crippen molar-refractivity contribution in [1.82, 2.24) is 4.31 Å². The third kappa shape index (κ3) is 3.03. The molecule has 1 saturated heterocycles. The van der Waals surface area contributed by atoms with Gasteiger partial charge in [-0.3, -0.25) is 0 Å². The van der Waals surface area contributed by atoms with Crippen molar-refractivity contribution in [2.24, 2.45) is 0 Å². The lowest BCUT2D eigenvalue weighted by Gasteiger charge is -2.25. The van der Waals surface area contributed by atoms with E-state index in [9.17, 15) is 12.8 Å². The van der Waals surface area contributed by atoms with Crippen LogP contribution in [0.2, 0.25) is 0 Å². The summed E-state index contributed by atoms with van der Waals surface area (Å²) in [7, 11) is -3.55. The molecule has 2 aromatic rings. The Labute approximate surface area is 136 Å². The minimum Gasteiger partial charge on any atom is -0.207 e. The molecule has 0 saturated carbocycles. The maximum atomic E-state index is 13.1. The first-order chi connectivity index (χ1) is 10.9. The van der Waals surface area contributed by atoms with Crippen molar-refractivity contribution in [1.29, 1.82) is 0 Å². The van der Waals surface area contributed by atoms with Gasteiger partial charge in [-0.15, -0.1) is 0 Å². The second kappa shape index (κ2) is 6.06. The molecule has 0 aliphatic carbocycles. The highest BCUT2D eigenvalue weighted by Gasteiger charge is 2.36. The van der Waals surface area contributed by atoms with Gasteiger partial charge in [-0.05, 0) is 56.0 Å². The summed E-state index contributed by atoms with van der Waals surface area (Å²) in [4.78, 5) is 0.358. The summed E-state index contributed by atoms with van der Waals surface area (Å²) in [6.07, 6.45) is 1.57. The van der Waals surface area contributed by atoms with Crippen LogP contribution >= 0.6 is 0 Å². The number of aryl methyl sites for hydroxylation is 2. The van der Waals surface area contributed by atoms with Crippen molar-refractivity contribution in [2.45, 2.75) is 37.6 Å². The first kappa shape index (κ1) is 16.1. The predicted molar refractivity (Wildman–Crippen MR) is 88.2 cm³/mol. The van der Waals surface area contributed by atoms with Gasteiger partial charge < -0.3 is 0 Å². The molecule has 3 nitrogen and oxygen atoms in total. The minimum absolute atomic E-state index is 0.221. The Bertz CT molecular complexity index is 815. The molecule has 1 aliphatic rings. The van der Waals surface area contributed by atoms with E-state index < -0.39 is 10.0 Å². The van der Waals surface area contributed by atoms with Gasteiger partial charge in [-0.2, -0.15) is 4.31 Å². The zero-order valence-corrected chi connectivity index (χ0v) is 14.1. The number of benzene rings is 2. The van der Waals surface area contributed by atoms with Crippen LogP contribution in [0, 0.1) is 19.7 Å². The van der Waals surface area contributed by atoms with Crippen molar-refractivity contribution >= 4 is 10.0 Å². The normalized spacial score (nSPS) is 19.2. The fourth-order valence-electron chi connectivity index (χ4n) is 3.26. The molecule has 1 unspecified atom stereocenters. The Hall–Kier alpha value is -1.72. The molecule has 122 valence electrons. The average molecular weight is 333 g/mol. The number of sulfonamides is 1. The van der Waals surface area contributed by atoms with Gasteiger partial charge in [0.2, 0.25) is 10.0 Å². The van der Waals surface area contributed by atoms with Crippen LogP contribution in [0.1, 0.15) is 35.6 Å². The van der Waals surface area contributed by atoms with E-state index >= 15 is 0 Å². The van der Waals surface area contributed by atoms with Gasteiger partial charge in [0.25, 0.3) is 0 Å². The van der Waals surface area contributed by atoms with E-state index in [0.717, 1.165) is 29.5 Å². The zero-order valence-electron chi connectivity index (χ0n) is 13.3. The molecule has 1 atom stereocenters. The Kier molecular flexibility index (Phi) is 4.25. The van der Waals surface area contributed by atoms with Gasteiger partial charge in [0.05, 0.1) is 10.9 Å². The van der Waals surface area contributed by atoms with Gasteiger partial charge in [-0.1, -0.05) is 29.8 Å². The van der Waals surface area contributed by atoms with Crippen LogP contribution in [0.3, 0.4) is 0 Å². The first-order valence-electron chi connectivity index (χ1n) is 7.74. The van der Waals surface area contributed by atoms with Crippen molar-refractivity contribution in [3.63, 3.8) is 0 Å². The SMILES string of the molecule is Cc1ccc(S(=O)(=O)N2CCCC2c2ccc(F)cc2)c(C)c1. The number of rotatable bonds is 3. The quantitative estimate of drug-likeness (QED) is 0.852. The molecule has 5 heteroatoms. The summed E-state index contributed by atoms with van der Waals surface area (Å²) in [5, 5.41) is 0. The highest BCUT2D eigenvalue weighted by Crippen LogP contribution is 2.37. The molecule has 1 heterocycles. The molecule has 0 bridgehead atoms. The lowest BCUT2D eigenvalue weighted by atomic mass is 10.1.